The summed E-state index contributed by atoms with van der Waals surface area (Å²) in [6.45, 7) is 4.47. The topological polar surface area (TPSA) is 60.9 Å². The van der Waals surface area contributed by atoms with E-state index in [1.165, 1.54) is 6.92 Å². The highest BCUT2D eigenvalue weighted by Crippen LogP contribution is 2.37. The molecule has 22 heavy (non-hydrogen) atoms. The van der Waals surface area contributed by atoms with Gasteiger partial charge < -0.3 is 14.9 Å². The number of benzene rings is 1. The zero-order chi connectivity index (χ0) is 16.4. The van der Waals surface area contributed by atoms with Gasteiger partial charge in [0.05, 0.1) is 11.6 Å². The summed E-state index contributed by atoms with van der Waals surface area (Å²) in [5.41, 5.74) is 2.13. The van der Waals surface area contributed by atoms with E-state index in [-0.39, 0.29) is 11.4 Å². The summed E-state index contributed by atoms with van der Waals surface area (Å²) in [6, 6.07) is 7.17. The van der Waals surface area contributed by atoms with E-state index < -0.39 is 17.7 Å². The summed E-state index contributed by atoms with van der Waals surface area (Å²) < 4.78 is 0. The van der Waals surface area contributed by atoms with Crippen molar-refractivity contribution in [2.45, 2.75) is 19.9 Å². The van der Waals surface area contributed by atoms with Crippen molar-refractivity contribution in [3.05, 3.63) is 46.7 Å². The fraction of sp³-hybridized carbons (Fsp3) is 0.412. The van der Waals surface area contributed by atoms with Gasteiger partial charge in [-0.3, -0.25) is 9.59 Å². The quantitative estimate of drug-likeness (QED) is 0.901. The Labute approximate surface area is 130 Å². The molecule has 1 aliphatic rings. The van der Waals surface area contributed by atoms with Crippen LogP contribution >= 0.6 is 0 Å². The molecule has 0 bridgehead atoms. The molecule has 1 atom stereocenters. The Hall–Kier alpha value is -2.14. The van der Waals surface area contributed by atoms with Crippen LogP contribution in [0, 0.1) is 6.92 Å². The van der Waals surface area contributed by atoms with Crippen molar-refractivity contribution in [1.29, 1.82) is 0 Å². The lowest BCUT2D eigenvalue weighted by atomic mass is 9.96. The molecule has 2 rings (SSSR count). The number of hydrogen-bond acceptors (Lipinski definition) is 4. The molecule has 0 radical (unpaired) electrons. The van der Waals surface area contributed by atoms with Gasteiger partial charge in [0.25, 0.3) is 5.91 Å². The highest BCUT2D eigenvalue weighted by Gasteiger charge is 2.41. The van der Waals surface area contributed by atoms with Gasteiger partial charge in [0.1, 0.15) is 0 Å². The van der Waals surface area contributed by atoms with E-state index in [4.69, 9.17) is 0 Å². The van der Waals surface area contributed by atoms with Crippen molar-refractivity contribution < 1.29 is 14.7 Å². The average molecular weight is 302 g/mol. The van der Waals surface area contributed by atoms with Gasteiger partial charge in [-0.2, -0.15) is 0 Å². The maximum Gasteiger partial charge on any atom is 0.290 e. The lowest BCUT2D eigenvalue weighted by Gasteiger charge is -2.27. The van der Waals surface area contributed by atoms with E-state index in [1.807, 2.05) is 50.2 Å². The smallest absolute Gasteiger partial charge is 0.290 e. The predicted molar refractivity (Wildman–Crippen MR) is 84.5 cm³/mol. The first-order valence-corrected chi connectivity index (χ1v) is 7.29. The van der Waals surface area contributed by atoms with Crippen LogP contribution in [-0.2, 0) is 9.59 Å². The number of Topliss-reactive ketones (excluding diaryl/α,β-unsaturated/α-hetero) is 1. The molecule has 1 heterocycles. The van der Waals surface area contributed by atoms with Crippen molar-refractivity contribution in [3.63, 3.8) is 0 Å². The van der Waals surface area contributed by atoms with Gasteiger partial charge in [-0.1, -0.05) is 29.8 Å². The summed E-state index contributed by atoms with van der Waals surface area (Å²) in [5.74, 6) is -1.17. The maximum absolute atomic E-state index is 12.3. The number of rotatable bonds is 5. The molecule has 1 N–H and O–H groups in total. The third kappa shape index (κ3) is 3.04. The molecule has 0 spiro atoms. The molecule has 0 unspecified atom stereocenters. The second-order valence-corrected chi connectivity index (χ2v) is 5.93. The van der Waals surface area contributed by atoms with E-state index >= 15 is 0 Å². The number of hydrogen-bond donors (Lipinski definition) is 1. The Kier molecular flexibility index (Phi) is 4.66. The Morgan fingerprint density at radius 2 is 1.86 bits per heavy atom. The molecule has 118 valence electrons. The molecule has 1 aromatic rings. The number of likely N-dealkylation sites (N-methyl/N-ethyl adjacent to an activating group) is 1. The Morgan fingerprint density at radius 3 is 2.36 bits per heavy atom. The van der Waals surface area contributed by atoms with Crippen LogP contribution in [0.2, 0.25) is 0 Å². The van der Waals surface area contributed by atoms with Crippen molar-refractivity contribution in [3.8, 4) is 0 Å². The van der Waals surface area contributed by atoms with Crippen molar-refractivity contribution in [2.75, 3.05) is 27.2 Å². The first-order chi connectivity index (χ1) is 10.3. The minimum atomic E-state index is -0.509. The number of ketones is 1. The standard InChI is InChI=1S/C17H22N2O3/c1-11-5-7-13(8-6-11)15-14(12(2)20)16(21)17(22)19(15)10-9-18(3)4/h5-8,15,21H,9-10H2,1-4H3/t15-/m1/s1. The minimum Gasteiger partial charge on any atom is -0.503 e. The molecule has 5 nitrogen and oxygen atoms in total. The van der Waals surface area contributed by atoms with Gasteiger partial charge in [-0.05, 0) is 33.5 Å². The average Bonchev–Trinajstić information content (AvgIpc) is 2.70. The van der Waals surface area contributed by atoms with Gasteiger partial charge in [-0.25, -0.2) is 0 Å². The van der Waals surface area contributed by atoms with Crippen molar-refractivity contribution >= 4 is 11.7 Å². The molecule has 0 saturated carbocycles. The summed E-state index contributed by atoms with van der Waals surface area (Å²) in [4.78, 5) is 27.8. The van der Waals surface area contributed by atoms with E-state index in [1.54, 1.807) is 4.90 Å². The number of aliphatic hydroxyl groups is 1. The van der Waals surface area contributed by atoms with Crippen LogP contribution in [-0.4, -0.2) is 53.8 Å². The molecule has 0 fully saturated rings. The zero-order valence-corrected chi connectivity index (χ0v) is 13.5. The van der Waals surface area contributed by atoms with E-state index in [0.717, 1.165) is 11.1 Å². The summed E-state index contributed by atoms with van der Waals surface area (Å²) in [6.07, 6.45) is 0. The fourth-order valence-corrected chi connectivity index (χ4v) is 2.65. The summed E-state index contributed by atoms with van der Waals surface area (Å²) in [7, 11) is 3.83. The van der Waals surface area contributed by atoms with E-state index in [0.29, 0.717) is 13.1 Å². The third-order valence-corrected chi connectivity index (χ3v) is 3.86. The van der Waals surface area contributed by atoms with Gasteiger partial charge in [0.2, 0.25) is 0 Å². The summed E-state index contributed by atoms with van der Waals surface area (Å²) >= 11 is 0. The second-order valence-electron chi connectivity index (χ2n) is 5.93. The number of amides is 1. The van der Waals surface area contributed by atoms with Gasteiger partial charge in [0, 0.05) is 13.1 Å². The molecular weight excluding hydrogens is 280 g/mol. The largest absolute Gasteiger partial charge is 0.503 e. The fourth-order valence-electron chi connectivity index (χ4n) is 2.65. The number of nitrogens with zero attached hydrogens (tertiary/aromatic N) is 2. The van der Waals surface area contributed by atoms with Crippen LogP contribution in [0.3, 0.4) is 0 Å². The molecule has 1 aromatic carbocycles. The highest BCUT2D eigenvalue weighted by atomic mass is 16.3. The molecule has 5 heteroatoms. The normalized spacial score (nSPS) is 18.5. The summed E-state index contributed by atoms with van der Waals surface area (Å²) in [5, 5.41) is 10.1. The second kappa shape index (κ2) is 6.32. The van der Waals surface area contributed by atoms with Crippen LogP contribution in [0.25, 0.3) is 0 Å². The first kappa shape index (κ1) is 16.2. The maximum atomic E-state index is 12.3. The Morgan fingerprint density at radius 1 is 1.27 bits per heavy atom. The molecular formula is C17H22N2O3. The lowest BCUT2D eigenvalue weighted by Crippen LogP contribution is -2.36. The minimum absolute atomic E-state index is 0.188. The van der Waals surface area contributed by atoms with Gasteiger partial charge >= 0.3 is 0 Å². The molecule has 0 saturated heterocycles. The predicted octanol–water partition coefficient (Wildman–Crippen LogP) is 1.84. The number of carbonyl (C=O) groups is 2. The number of carbonyl (C=O) groups excluding carboxylic acids is 2. The third-order valence-electron chi connectivity index (χ3n) is 3.86. The van der Waals surface area contributed by atoms with Crippen LogP contribution in [0.5, 0.6) is 0 Å². The van der Waals surface area contributed by atoms with Gasteiger partial charge in [0.15, 0.2) is 11.5 Å². The lowest BCUT2D eigenvalue weighted by molar-refractivity contribution is -0.129. The van der Waals surface area contributed by atoms with Crippen LogP contribution in [0.4, 0.5) is 0 Å². The molecule has 1 aliphatic heterocycles. The molecule has 1 amide bonds. The van der Waals surface area contributed by atoms with Crippen LogP contribution in [0.1, 0.15) is 24.1 Å². The number of aliphatic hydroxyl groups excluding tert-OH is 1. The highest BCUT2D eigenvalue weighted by molar-refractivity contribution is 6.08. The van der Waals surface area contributed by atoms with E-state index in [2.05, 4.69) is 0 Å². The van der Waals surface area contributed by atoms with Gasteiger partial charge in [-0.15, -0.1) is 0 Å². The molecule has 0 aliphatic carbocycles. The Bertz CT molecular complexity index is 617. The monoisotopic (exact) mass is 302 g/mol. The van der Waals surface area contributed by atoms with Crippen molar-refractivity contribution in [2.24, 2.45) is 0 Å². The number of aryl methyl sites for hydroxylation is 1. The Balaban J connectivity index is 2.43. The van der Waals surface area contributed by atoms with Crippen LogP contribution in [0.15, 0.2) is 35.6 Å². The van der Waals surface area contributed by atoms with Crippen molar-refractivity contribution in [1.82, 2.24) is 9.80 Å². The van der Waals surface area contributed by atoms with Crippen LogP contribution < -0.4 is 0 Å². The SMILES string of the molecule is CC(=O)C1=C(O)C(=O)N(CCN(C)C)[C@@H]1c1ccc(C)cc1. The zero-order valence-electron chi connectivity index (χ0n) is 13.5. The first-order valence-electron chi connectivity index (χ1n) is 7.29. The van der Waals surface area contributed by atoms with E-state index in [9.17, 15) is 14.7 Å². The molecule has 0 aromatic heterocycles.